The fourth-order valence-corrected chi connectivity index (χ4v) is 4.75. The summed E-state index contributed by atoms with van der Waals surface area (Å²) in [6, 6.07) is 0. The predicted octanol–water partition coefficient (Wildman–Crippen LogP) is 4.44. The molecule has 0 N–H and O–H groups in total. The molecule has 0 heterocycles. The van der Waals surface area contributed by atoms with Gasteiger partial charge in [-0.1, -0.05) is 0 Å². The van der Waals surface area contributed by atoms with Gasteiger partial charge in [0.25, 0.3) is 0 Å². The minimum atomic E-state index is -2.27. The molecule has 0 bridgehead atoms. The second-order valence-electron chi connectivity index (χ2n) is 4.19. The van der Waals surface area contributed by atoms with Crippen molar-refractivity contribution in [2.75, 3.05) is 13.3 Å². The molecule has 0 aromatic rings. The van der Waals surface area contributed by atoms with Crippen LogP contribution in [-0.4, -0.2) is 19.0 Å². The van der Waals surface area contributed by atoms with E-state index in [1.165, 1.54) is 32.1 Å². The normalized spacial score (nSPS) is 26.0. The summed E-state index contributed by atoms with van der Waals surface area (Å²) in [7, 11) is 0. The zero-order chi connectivity index (χ0) is 8.56. The first kappa shape index (κ1) is 10.1. The number of hydrogen-bond donors (Lipinski definition) is 0. The zero-order valence-electron chi connectivity index (χ0n) is 7.32. The van der Waals surface area contributed by atoms with Crippen LogP contribution < -0.4 is 0 Å². The molecule has 0 aliphatic heterocycles. The van der Waals surface area contributed by atoms with Crippen LogP contribution in [0, 0.1) is 0 Å². The first-order chi connectivity index (χ1) is 4.86. The number of halogens is 2. The molecule has 0 atom stereocenters. The van der Waals surface area contributed by atoms with E-state index in [1.807, 2.05) is 0 Å². The summed E-state index contributed by atoms with van der Waals surface area (Å²) >= 11 is 12.7. The van der Waals surface area contributed by atoms with Crippen LogP contribution in [0.3, 0.4) is 0 Å². The van der Waals surface area contributed by atoms with Gasteiger partial charge in [-0.05, 0) is 0 Å². The molecule has 0 spiro atoms. The van der Waals surface area contributed by atoms with E-state index in [9.17, 15) is 0 Å². The Labute approximate surface area is 79.1 Å². The molecule has 0 aromatic heterocycles. The maximum absolute atomic E-state index is 6.36. The Balaban J connectivity index is 2.59. The van der Waals surface area contributed by atoms with E-state index in [-0.39, 0.29) is 0 Å². The van der Waals surface area contributed by atoms with Gasteiger partial charge in [-0.3, -0.25) is 0 Å². The predicted molar refractivity (Wildman–Crippen MR) is 57.3 cm³/mol. The van der Waals surface area contributed by atoms with Gasteiger partial charge in [0, 0.05) is 0 Å². The molecule has 0 nitrogen and oxygen atoms in total. The standard InChI is InChI=1S/C8H17Cl2P/c1-11(2,9,10)8-6-4-3-5-7-8/h8H,3-7H2,1-2H3. The van der Waals surface area contributed by atoms with E-state index < -0.39 is 5.31 Å². The fraction of sp³-hybridized carbons (Fsp3) is 1.00. The molecule has 0 amide bonds. The molecule has 0 radical (unpaired) electrons. The van der Waals surface area contributed by atoms with Gasteiger partial charge in [0.05, 0.1) is 0 Å². The Bertz CT molecular complexity index is 133. The first-order valence-corrected chi connectivity index (χ1v) is 9.32. The van der Waals surface area contributed by atoms with Crippen molar-refractivity contribution in [1.29, 1.82) is 0 Å². The van der Waals surface area contributed by atoms with Crippen molar-refractivity contribution in [2.24, 2.45) is 0 Å². The molecular formula is C8H17Cl2P. The van der Waals surface area contributed by atoms with Crippen molar-refractivity contribution in [3.63, 3.8) is 0 Å². The quantitative estimate of drug-likeness (QED) is 0.567. The summed E-state index contributed by atoms with van der Waals surface area (Å²) in [6.45, 7) is 4.12. The van der Waals surface area contributed by atoms with E-state index in [0.29, 0.717) is 5.66 Å². The maximum atomic E-state index is 6.36. The second kappa shape index (κ2) is 3.05. The zero-order valence-corrected chi connectivity index (χ0v) is 9.72. The summed E-state index contributed by atoms with van der Waals surface area (Å²) < 4.78 is 0. The van der Waals surface area contributed by atoms with Gasteiger partial charge >= 0.3 is 78.9 Å². The van der Waals surface area contributed by atoms with Crippen molar-refractivity contribution in [1.82, 2.24) is 0 Å². The SMILES string of the molecule is CP(C)(Cl)(Cl)C1CCCCC1. The van der Waals surface area contributed by atoms with Gasteiger partial charge in [-0.2, -0.15) is 0 Å². The van der Waals surface area contributed by atoms with Gasteiger partial charge in [0.15, 0.2) is 0 Å². The summed E-state index contributed by atoms with van der Waals surface area (Å²) in [5.74, 6) is 0. The van der Waals surface area contributed by atoms with Crippen LogP contribution in [0.5, 0.6) is 0 Å². The minimum absolute atomic E-state index is 0.609. The summed E-state index contributed by atoms with van der Waals surface area (Å²) in [5, 5.41) is -2.27. The molecule has 1 aliphatic rings. The van der Waals surface area contributed by atoms with Crippen molar-refractivity contribution in [3.8, 4) is 0 Å². The average molecular weight is 215 g/mol. The molecule has 3 heteroatoms. The number of rotatable bonds is 1. The average Bonchev–Trinajstić information content (AvgIpc) is 1.86. The Morgan fingerprint density at radius 3 is 1.73 bits per heavy atom. The molecule has 0 aromatic carbocycles. The van der Waals surface area contributed by atoms with E-state index in [4.69, 9.17) is 22.5 Å². The molecule has 11 heavy (non-hydrogen) atoms. The van der Waals surface area contributed by atoms with E-state index in [1.54, 1.807) is 0 Å². The van der Waals surface area contributed by atoms with E-state index in [2.05, 4.69) is 13.3 Å². The van der Waals surface area contributed by atoms with E-state index >= 15 is 0 Å². The van der Waals surface area contributed by atoms with Gasteiger partial charge in [-0.25, -0.2) is 0 Å². The Kier molecular flexibility index (Phi) is 2.80. The third-order valence-corrected chi connectivity index (χ3v) is 6.77. The van der Waals surface area contributed by atoms with Crippen molar-refractivity contribution in [3.05, 3.63) is 0 Å². The van der Waals surface area contributed by atoms with Crippen molar-refractivity contribution in [2.45, 2.75) is 37.8 Å². The van der Waals surface area contributed by atoms with Crippen molar-refractivity contribution >= 4 is 27.8 Å². The Morgan fingerprint density at radius 1 is 1.00 bits per heavy atom. The van der Waals surface area contributed by atoms with Crippen molar-refractivity contribution < 1.29 is 0 Å². The second-order valence-corrected chi connectivity index (χ2v) is 15.5. The molecule has 1 fully saturated rings. The van der Waals surface area contributed by atoms with Crippen LogP contribution in [0.1, 0.15) is 32.1 Å². The van der Waals surface area contributed by atoms with Gasteiger partial charge < -0.3 is 0 Å². The first-order valence-electron chi connectivity index (χ1n) is 4.31. The van der Waals surface area contributed by atoms with Gasteiger partial charge in [-0.15, -0.1) is 0 Å². The topological polar surface area (TPSA) is 0 Å². The molecule has 1 rings (SSSR count). The van der Waals surface area contributed by atoms with E-state index in [0.717, 1.165) is 0 Å². The summed E-state index contributed by atoms with van der Waals surface area (Å²) in [4.78, 5) is 0. The van der Waals surface area contributed by atoms with Crippen LogP contribution in [0.15, 0.2) is 0 Å². The van der Waals surface area contributed by atoms with Crippen LogP contribution in [-0.2, 0) is 0 Å². The fourth-order valence-electron chi connectivity index (χ4n) is 1.79. The third kappa shape index (κ3) is 3.09. The molecule has 0 saturated heterocycles. The van der Waals surface area contributed by atoms with Gasteiger partial charge in [0.1, 0.15) is 0 Å². The summed E-state index contributed by atoms with van der Waals surface area (Å²) in [6.07, 6.45) is 6.51. The van der Waals surface area contributed by atoms with Crippen LogP contribution >= 0.6 is 27.8 Å². The molecular weight excluding hydrogens is 198 g/mol. The number of hydrogen-bond acceptors (Lipinski definition) is 0. The monoisotopic (exact) mass is 214 g/mol. The molecule has 1 aliphatic carbocycles. The Morgan fingerprint density at radius 2 is 1.45 bits per heavy atom. The molecule has 1 saturated carbocycles. The van der Waals surface area contributed by atoms with Crippen LogP contribution in [0.4, 0.5) is 0 Å². The molecule has 0 unspecified atom stereocenters. The molecule has 68 valence electrons. The van der Waals surface area contributed by atoms with Crippen LogP contribution in [0.2, 0.25) is 0 Å². The third-order valence-electron chi connectivity index (χ3n) is 2.58. The summed E-state index contributed by atoms with van der Waals surface area (Å²) in [5.41, 5.74) is 0.609. The van der Waals surface area contributed by atoms with Gasteiger partial charge in [0.2, 0.25) is 0 Å². The Hall–Kier alpha value is 1.01. The van der Waals surface area contributed by atoms with Crippen LogP contribution in [0.25, 0.3) is 0 Å².